The lowest BCUT2D eigenvalue weighted by Gasteiger charge is -2.00. The van der Waals surface area contributed by atoms with Crippen LogP contribution < -0.4 is 0 Å². The van der Waals surface area contributed by atoms with Crippen LogP contribution >= 0.6 is 23.4 Å². The molecule has 0 unspecified atom stereocenters. The summed E-state index contributed by atoms with van der Waals surface area (Å²) in [6, 6.07) is 8.59. The SMILES string of the molecule is O=C(CSc1ncccn1)c1ccc(Cl)cc1. The van der Waals surface area contributed by atoms with Crippen molar-refractivity contribution in [2.24, 2.45) is 0 Å². The number of hydrogen-bond acceptors (Lipinski definition) is 4. The van der Waals surface area contributed by atoms with Crippen molar-refractivity contribution in [3.63, 3.8) is 0 Å². The van der Waals surface area contributed by atoms with Crippen LogP contribution in [0.15, 0.2) is 47.9 Å². The molecular weight excluding hydrogens is 256 g/mol. The van der Waals surface area contributed by atoms with E-state index in [0.29, 0.717) is 21.5 Å². The van der Waals surface area contributed by atoms with Crippen molar-refractivity contribution in [2.75, 3.05) is 5.75 Å². The molecule has 0 bridgehead atoms. The van der Waals surface area contributed by atoms with Crippen molar-refractivity contribution in [1.29, 1.82) is 0 Å². The molecule has 2 aromatic rings. The average molecular weight is 265 g/mol. The summed E-state index contributed by atoms with van der Waals surface area (Å²) in [5.41, 5.74) is 0.651. The Morgan fingerprint density at radius 1 is 1.18 bits per heavy atom. The summed E-state index contributed by atoms with van der Waals surface area (Å²) < 4.78 is 0. The zero-order valence-corrected chi connectivity index (χ0v) is 10.4. The minimum Gasteiger partial charge on any atom is -0.293 e. The lowest BCUT2D eigenvalue weighted by Crippen LogP contribution is -2.02. The highest BCUT2D eigenvalue weighted by Gasteiger charge is 2.07. The van der Waals surface area contributed by atoms with Gasteiger partial charge < -0.3 is 0 Å². The first-order chi connectivity index (χ1) is 8.25. The molecule has 0 aliphatic carbocycles. The molecule has 0 fully saturated rings. The Morgan fingerprint density at radius 2 is 1.82 bits per heavy atom. The number of rotatable bonds is 4. The highest BCUT2D eigenvalue weighted by molar-refractivity contribution is 7.99. The molecule has 0 atom stereocenters. The van der Waals surface area contributed by atoms with E-state index >= 15 is 0 Å². The lowest BCUT2D eigenvalue weighted by atomic mass is 10.1. The number of aromatic nitrogens is 2. The van der Waals surface area contributed by atoms with Crippen molar-refractivity contribution < 1.29 is 4.79 Å². The molecule has 2 rings (SSSR count). The third-order valence-corrected chi connectivity index (χ3v) is 3.17. The van der Waals surface area contributed by atoms with Crippen molar-refractivity contribution in [1.82, 2.24) is 9.97 Å². The van der Waals surface area contributed by atoms with Gasteiger partial charge in [-0.15, -0.1) is 0 Å². The summed E-state index contributed by atoms with van der Waals surface area (Å²) in [5.74, 6) is 0.366. The molecule has 1 heterocycles. The lowest BCUT2D eigenvalue weighted by molar-refractivity contribution is 0.102. The van der Waals surface area contributed by atoms with Gasteiger partial charge in [-0.05, 0) is 30.3 Å². The Balaban J connectivity index is 1.96. The first-order valence-corrected chi connectivity index (χ1v) is 6.30. The van der Waals surface area contributed by atoms with E-state index in [2.05, 4.69) is 9.97 Å². The van der Waals surface area contributed by atoms with E-state index in [-0.39, 0.29) is 5.78 Å². The van der Waals surface area contributed by atoms with Gasteiger partial charge in [0.2, 0.25) is 0 Å². The molecule has 0 saturated heterocycles. The molecule has 86 valence electrons. The van der Waals surface area contributed by atoms with Crippen LogP contribution in [-0.2, 0) is 0 Å². The smallest absolute Gasteiger partial charge is 0.187 e. The number of Topliss-reactive ketones (excluding diaryl/α,β-unsaturated/α-hetero) is 1. The minimum absolute atomic E-state index is 0.0409. The zero-order valence-electron chi connectivity index (χ0n) is 8.84. The molecule has 0 saturated carbocycles. The summed E-state index contributed by atoms with van der Waals surface area (Å²) in [7, 11) is 0. The molecule has 0 aliphatic rings. The van der Waals surface area contributed by atoms with E-state index in [0.717, 1.165) is 0 Å². The molecule has 0 aliphatic heterocycles. The monoisotopic (exact) mass is 264 g/mol. The summed E-state index contributed by atoms with van der Waals surface area (Å²) >= 11 is 7.08. The van der Waals surface area contributed by atoms with Gasteiger partial charge in [0.1, 0.15) is 0 Å². The number of carbonyl (C=O) groups excluding carboxylic acids is 1. The Labute approximate surface area is 108 Å². The van der Waals surface area contributed by atoms with Crippen LogP contribution in [0.25, 0.3) is 0 Å². The Kier molecular flexibility index (Phi) is 4.12. The van der Waals surface area contributed by atoms with Gasteiger partial charge in [0.05, 0.1) is 5.75 Å². The molecule has 1 aromatic carbocycles. The topological polar surface area (TPSA) is 42.9 Å². The number of halogens is 1. The number of carbonyl (C=O) groups is 1. The first-order valence-electron chi connectivity index (χ1n) is 4.94. The highest BCUT2D eigenvalue weighted by Crippen LogP contribution is 2.15. The molecular formula is C12H9ClN2OS. The van der Waals surface area contributed by atoms with Crippen molar-refractivity contribution in [3.05, 3.63) is 53.3 Å². The van der Waals surface area contributed by atoms with Gasteiger partial charge in [0, 0.05) is 23.0 Å². The summed E-state index contributed by atoms with van der Waals surface area (Å²) in [6.45, 7) is 0. The number of benzene rings is 1. The molecule has 1 aromatic heterocycles. The van der Waals surface area contributed by atoms with E-state index in [1.165, 1.54) is 11.8 Å². The summed E-state index contributed by atoms with van der Waals surface area (Å²) in [4.78, 5) is 19.9. The van der Waals surface area contributed by atoms with E-state index in [1.807, 2.05) is 0 Å². The van der Waals surface area contributed by atoms with Gasteiger partial charge >= 0.3 is 0 Å². The predicted molar refractivity (Wildman–Crippen MR) is 68.5 cm³/mol. The molecule has 17 heavy (non-hydrogen) atoms. The number of ketones is 1. The van der Waals surface area contributed by atoms with Crippen LogP contribution in [-0.4, -0.2) is 21.5 Å². The van der Waals surface area contributed by atoms with Gasteiger partial charge in [-0.25, -0.2) is 9.97 Å². The average Bonchev–Trinajstić information content (AvgIpc) is 2.38. The zero-order chi connectivity index (χ0) is 12.1. The van der Waals surface area contributed by atoms with Crippen molar-refractivity contribution in [3.8, 4) is 0 Å². The van der Waals surface area contributed by atoms with Crippen LogP contribution in [0.4, 0.5) is 0 Å². The van der Waals surface area contributed by atoms with E-state index in [4.69, 9.17) is 11.6 Å². The van der Waals surface area contributed by atoms with E-state index in [1.54, 1.807) is 42.7 Å². The first kappa shape index (κ1) is 12.1. The second-order valence-corrected chi connectivity index (χ2v) is 4.63. The van der Waals surface area contributed by atoms with Gasteiger partial charge in [-0.3, -0.25) is 4.79 Å². The maximum atomic E-state index is 11.8. The third-order valence-electron chi connectivity index (χ3n) is 2.04. The highest BCUT2D eigenvalue weighted by atomic mass is 35.5. The van der Waals surface area contributed by atoms with Crippen molar-refractivity contribution >= 4 is 29.1 Å². The molecule has 3 nitrogen and oxygen atoms in total. The quantitative estimate of drug-likeness (QED) is 0.483. The number of nitrogens with zero attached hydrogens (tertiary/aromatic N) is 2. The van der Waals surface area contributed by atoms with Gasteiger partial charge in [0.25, 0.3) is 0 Å². The fourth-order valence-corrected chi connectivity index (χ4v) is 2.03. The summed E-state index contributed by atoms with van der Waals surface area (Å²) in [6.07, 6.45) is 3.31. The Hall–Kier alpha value is -1.39. The van der Waals surface area contributed by atoms with Crippen LogP contribution in [0.5, 0.6) is 0 Å². The molecule has 0 spiro atoms. The molecule has 0 N–H and O–H groups in total. The second-order valence-electron chi connectivity index (χ2n) is 3.25. The van der Waals surface area contributed by atoms with E-state index < -0.39 is 0 Å². The van der Waals surface area contributed by atoms with Gasteiger partial charge in [0.15, 0.2) is 10.9 Å². The third kappa shape index (κ3) is 3.54. The fraction of sp³-hybridized carbons (Fsp3) is 0.0833. The van der Waals surface area contributed by atoms with Crippen LogP contribution in [0.2, 0.25) is 5.02 Å². The molecule has 0 radical (unpaired) electrons. The van der Waals surface area contributed by atoms with Gasteiger partial charge in [-0.2, -0.15) is 0 Å². The van der Waals surface area contributed by atoms with Crippen LogP contribution in [0, 0.1) is 0 Å². The standard InChI is InChI=1S/C12H9ClN2OS/c13-10-4-2-9(3-5-10)11(16)8-17-12-14-6-1-7-15-12/h1-7H,8H2. The van der Waals surface area contributed by atoms with E-state index in [9.17, 15) is 4.79 Å². The largest absolute Gasteiger partial charge is 0.293 e. The maximum Gasteiger partial charge on any atom is 0.187 e. The fourth-order valence-electron chi connectivity index (χ4n) is 1.21. The van der Waals surface area contributed by atoms with Crippen molar-refractivity contribution in [2.45, 2.75) is 5.16 Å². The predicted octanol–water partition coefficient (Wildman–Crippen LogP) is 3.11. The number of thioether (sulfide) groups is 1. The van der Waals surface area contributed by atoms with Crippen LogP contribution in [0.3, 0.4) is 0 Å². The summed E-state index contributed by atoms with van der Waals surface area (Å²) in [5, 5.41) is 1.23. The second kappa shape index (κ2) is 5.80. The van der Waals surface area contributed by atoms with Crippen LogP contribution in [0.1, 0.15) is 10.4 Å². The Morgan fingerprint density at radius 3 is 2.47 bits per heavy atom. The minimum atomic E-state index is 0.0409. The normalized spacial score (nSPS) is 10.2. The maximum absolute atomic E-state index is 11.8. The van der Waals surface area contributed by atoms with Gasteiger partial charge in [-0.1, -0.05) is 23.4 Å². The Bertz CT molecular complexity index is 502. The molecule has 0 amide bonds. The number of hydrogen-bond donors (Lipinski definition) is 0. The molecule has 5 heteroatoms.